The van der Waals surface area contributed by atoms with Crippen LogP contribution in [0.15, 0.2) is 29.3 Å². The summed E-state index contributed by atoms with van der Waals surface area (Å²) in [6, 6.07) is 2.30. The third kappa shape index (κ3) is 2.90. The maximum absolute atomic E-state index is 13.1. The third-order valence-corrected chi connectivity index (χ3v) is 2.68. The molecule has 0 aliphatic heterocycles. The van der Waals surface area contributed by atoms with Crippen LogP contribution in [0.5, 0.6) is 0 Å². The molecule has 2 N–H and O–H groups in total. The van der Waals surface area contributed by atoms with Crippen LogP contribution in [0, 0.1) is 5.82 Å². The molecule has 9 heteroatoms. The van der Waals surface area contributed by atoms with E-state index in [0.29, 0.717) is 12.1 Å². The molecule has 2 aromatic rings. The molecular formula is C11H6ClF4N3O. The number of aromatic amines is 1. The molecular weight excluding hydrogens is 302 g/mol. The topological polar surface area (TPSA) is 57.8 Å². The van der Waals surface area contributed by atoms with Gasteiger partial charge in [-0.1, -0.05) is 11.6 Å². The van der Waals surface area contributed by atoms with Crippen molar-refractivity contribution < 1.29 is 17.6 Å². The Labute approximate surface area is 114 Å². The molecule has 0 saturated heterocycles. The molecule has 0 aliphatic rings. The van der Waals surface area contributed by atoms with Crippen LogP contribution in [0.2, 0.25) is 5.02 Å². The molecule has 0 fully saturated rings. The average molecular weight is 308 g/mol. The van der Waals surface area contributed by atoms with Gasteiger partial charge in [0.25, 0.3) is 5.56 Å². The van der Waals surface area contributed by atoms with Gasteiger partial charge in [-0.3, -0.25) is 4.79 Å². The zero-order valence-corrected chi connectivity index (χ0v) is 10.3. The van der Waals surface area contributed by atoms with Gasteiger partial charge in [0.2, 0.25) is 0 Å². The molecule has 1 aromatic heterocycles. The van der Waals surface area contributed by atoms with E-state index in [0.717, 1.165) is 12.4 Å². The molecule has 0 amide bonds. The molecule has 20 heavy (non-hydrogen) atoms. The lowest BCUT2D eigenvalue weighted by Gasteiger charge is -2.11. The lowest BCUT2D eigenvalue weighted by molar-refractivity contribution is -0.139. The summed E-state index contributed by atoms with van der Waals surface area (Å²) >= 11 is 5.64. The molecule has 0 aliphatic carbocycles. The second-order valence-corrected chi connectivity index (χ2v) is 4.09. The Morgan fingerprint density at radius 1 is 1.30 bits per heavy atom. The van der Waals surface area contributed by atoms with Gasteiger partial charge < -0.3 is 10.3 Å². The van der Waals surface area contributed by atoms with Gasteiger partial charge in [-0.2, -0.15) is 13.2 Å². The standard InChI is InChI=1S/C11H6ClF4N3O/c12-8-9(17-4-18-10(8)20)19-5-1-2-7(13)6(3-5)11(14,15)16/h1-4H,(H2,17,18,19,20). The second kappa shape index (κ2) is 5.12. The second-order valence-electron chi connectivity index (χ2n) is 3.71. The van der Waals surface area contributed by atoms with Crippen molar-refractivity contribution in [1.29, 1.82) is 0 Å². The Kier molecular flexibility index (Phi) is 3.67. The highest BCUT2D eigenvalue weighted by Crippen LogP contribution is 2.33. The van der Waals surface area contributed by atoms with Crippen molar-refractivity contribution in [3.63, 3.8) is 0 Å². The molecule has 2 rings (SSSR count). The summed E-state index contributed by atoms with van der Waals surface area (Å²) in [5, 5.41) is 2.11. The van der Waals surface area contributed by atoms with Gasteiger partial charge >= 0.3 is 6.18 Å². The Morgan fingerprint density at radius 2 is 2.00 bits per heavy atom. The molecule has 0 atom stereocenters. The number of alkyl halides is 3. The molecule has 0 saturated carbocycles. The fourth-order valence-electron chi connectivity index (χ4n) is 1.43. The molecule has 1 heterocycles. The lowest BCUT2D eigenvalue weighted by atomic mass is 10.2. The minimum absolute atomic E-state index is 0.0984. The van der Waals surface area contributed by atoms with Gasteiger partial charge in [0.1, 0.15) is 10.8 Å². The first-order chi connectivity index (χ1) is 9.29. The van der Waals surface area contributed by atoms with Gasteiger partial charge in [-0.05, 0) is 18.2 Å². The van der Waals surface area contributed by atoms with E-state index in [1.54, 1.807) is 0 Å². The third-order valence-electron chi connectivity index (χ3n) is 2.33. The van der Waals surface area contributed by atoms with Crippen LogP contribution in [0.3, 0.4) is 0 Å². The minimum atomic E-state index is -4.83. The normalized spacial score (nSPS) is 11.4. The Hall–Kier alpha value is -2.09. The van der Waals surface area contributed by atoms with Crippen molar-refractivity contribution in [2.45, 2.75) is 6.18 Å². The average Bonchev–Trinajstić information content (AvgIpc) is 2.36. The van der Waals surface area contributed by atoms with E-state index < -0.39 is 23.1 Å². The van der Waals surface area contributed by atoms with E-state index in [1.807, 2.05) is 0 Å². The van der Waals surface area contributed by atoms with Crippen molar-refractivity contribution >= 4 is 23.1 Å². The number of H-pyrrole nitrogens is 1. The molecule has 0 unspecified atom stereocenters. The molecule has 106 valence electrons. The minimum Gasteiger partial charge on any atom is -0.339 e. The lowest BCUT2D eigenvalue weighted by Crippen LogP contribution is -2.11. The van der Waals surface area contributed by atoms with Crippen molar-refractivity contribution in [3.8, 4) is 0 Å². The number of halogens is 5. The monoisotopic (exact) mass is 307 g/mol. The van der Waals surface area contributed by atoms with Gasteiger partial charge in [0.05, 0.1) is 11.9 Å². The quantitative estimate of drug-likeness (QED) is 0.837. The van der Waals surface area contributed by atoms with Crippen LogP contribution in [0.4, 0.5) is 29.1 Å². The van der Waals surface area contributed by atoms with Gasteiger partial charge in [-0.15, -0.1) is 0 Å². The Morgan fingerprint density at radius 3 is 2.65 bits per heavy atom. The van der Waals surface area contributed by atoms with Crippen LogP contribution in [0.25, 0.3) is 0 Å². The van der Waals surface area contributed by atoms with Crippen molar-refractivity contribution in [3.05, 3.63) is 51.3 Å². The first-order valence-corrected chi connectivity index (χ1v) is 5.54. The Balaban J connectivity index is 2.40. The highest BCUT2D eigenvalue weighted by atomic mass is 35.5. The van der Waals surface area contributed by atoms with Crippen LogP contribution >= 0.6 is 11.6 Å². The van der Waals surface area contributed by atoms with Crippen molar-refractivity contribution in [1.82, 2.24) is 9.97 Å². The van der Waals surface area contributed by atoms with E-state index in [-0.39, 0.29) is 16.5 Å². The maximum atomic E-state index is 13.1. The highest BCUT2D eigenvalue weighted by Gasteiger charge is 2.34. The predicted molar refractivity (Wildman–Crippen MR) is 64.6 cm³/mol. The number of nitrogens with zero attached hydrogens (tertiary/aromatic N) is 1. The van der Waals surface area contributed by atoms with Gasteiger partial charge in [0.15, 0.2) is 5.82 Å². The number of rotatable bonds is 2. The van der Waals surface area contributed by atoms with E-state index in [9.17, 15) is 22.4 Å². The summed E-state index contributed by atoms with van der Waals surface area (Å²) in [6.45, 7) is 0. The zero-order valence-electron chi connectivity index (χ0n) is 9.55. The van der Waals surface area contributed by atoms with Gasteiger partial charge in [0, 0.05) is 5.69 Å². The smallest absolute Gasteiger partial charge is 0.339 e. The predicted octanol–water partition coefficient (Wildman–Crippen LogP) is 3.32. The summed E-state index contributed by atoms with van der Waals surface area (Å²) in [6.07, 6.45) is -3.79. The van der Waals surface area contributed by atoms with E-state index in [1.165, 1.54) is 0 Å². The van der Waals surface area contributed by atoms with Crippen LogP contribution in [-0.4, -0.2) is 9.97 Å². The van der Waals surface area contributed by atoms with Crippen LogP contribution in [-0.2, 0) is 6.18 Å². The number of nitrogens with one attached hydrogen (secondary N) is 2. The number of hydrogen-bond acceptors (Lipinski definition) is 3. The molecule has 1 aromatic carbocycles. The summed E-state index contributed by atoms with van der Waals surface area (Å²) < 4.78 is 50.7. The van der Waals surface area contributed by atoms with Gasteiger partial charge in [-0.25, -0.2) is 9.37 Å². The van der Waals surface area contributed by atoms with Crippen LogP contribution < -0.4 is 10.9 Å². The first-order valence-electron chi connectivity index (χ1n) is 5.16. The zero-order chi connectivity index (χ0) is 14.9. The summed E-state index contributed by atoms with van der Waals surface area (Å²) in [4.78, 5) is 17.1. The summed E-state index contributed by atoms with van der Waals surface area (Å²) in [5.74, 6) is -1.52. The molecule has 0 spiro atoms. The fraction of sp³-hybridized carbons (Fsp3) is 0.0909. The maximum Gasteiger partial charge on any atom is 0.419 e. The number of aromatic nitrogens is 2. The first kappa shape index (κ1) is 14.3. The number of anilines is 2. The largest absolute Gasteiger partial charge is 0.419 e. The summed E-state index contributed by atoms with van der Waals surface area (Å²) in [5.41, 5.74) is -2.18. The molecule has 4 nitrogen and oxygen atoms in total. The SMILES string of the molecule is O=c1[nH]cnc(Nc2ccc(F)c(C(F)(F)F)c2)c1Cl. The van der Waals surface area contributed by atoms with E-state index in [2.05, 4.69) is 15.3 Å². The van der Waals surface area contributed by atoms with Crippen molar-refractivity contribution in [2.24, 2.45) is 0 Å². The van der Waals surface area contributed by atoms with Crippen LogP contribution in [0.1, 0.15) is 5.56 Å². The Bertz CT molecular complexity index is 699. The molecule has 0 bridgehead atoms. The highest BCUT2D eigenvalue weighted by molar-refractivity contribution is 6.32. The summed E-state index contributed by atoms with van der Waals surface area (Å²) in [7, 11) is 0. The number of hydrogen-bond donors (Lipinski definition) is 2. The van der Waals surface area contributed by atoms with E-state index in [4.69, 9.17) is 11.6 Å². The molecule has 0 radical (unpaired) electrons. The fourth-order valence-corrected chi connectivity index (χ4v) is 1.58. The number of benzene rings is 1. The van der Waals surface area contributed by atoms with Crippen molar-refractivity contribution in [2.75, 3.05) is 5.32 Å². The van der Waals surface area contributed by atoms with E-state index >= 15 is 0 Å².